The number of benzene rings is 1. The molecule has 4 fully saturated rings. The third-order valence-electron chi connectivity index (χ3n) is 8.58. The van der Waals surface area contributed by atoms with Crippen molar-refractivity contribution in [1.82, 2.24) is 15.3 Å². The second kappa shape index (κ2) is 7.57. The van der Waals surface area contributed by atoms with Gasteiger partial charge in [0, 0.05) is 36.9 Å². The van der Waals surface area contributed by atoms with E-state index < -0.39 is 11.7 Å². The van der Waals surface area contributed by atoms with Crippen molar-refractivity contribution in [2.45, 2.75) is 63.6 Å². The maximum atomic E-state index is 13.5. The van der Waals surface area contributed by atoms with Crippen LogP contribution in [-0.2, 0) is 11.0 Å². The van der Waals surface area contributed by atoms with E-state index in [0.29, 0.717) is 18.8 Å². The van der Waals surface area contributed by atoms with Crippen LogP contribution in [0.15, 0.2) is 24.5 Å². The molecule has 3 atom stereocenters. The molecule has 4 aliphatic rings. The van der Waals surface area contributed by atoms with Gasteiger partial charge in [0.05, 0.1) is 17.2 Å². The van der Waals surface area contributed by atoms with Crippen LogP contribution >= 0.6 is 0 Å². The molecule has 8 heteroatoms. The van der Waals surface area contributed by atoms with Crippen molar-refractivity contribution < 1.29 is 18.0 Å². The van der Waals surface area contributed by atoms with Gasteiger partial charge in [0.2, 0.25) is 5.91 Å². The monoisotopic (exact) mass is 458 g/mol. The Labute approximate surface area is 191 Å². The molecule has 2 heterocycles. The molecule has 1 amide bonds. The molecule has 0 radical (unpaired) electrons. The van der Waals surface area contributed by atoms with Gasteiger partial charge in [-0.3, -0.25) is 14.8 Å². The standard InChI is InChI=1S/C25H29F3N4O/c26-25(27,28)18-4-5-20(22-21(18)29-8-9-30-22)32-13-19(24(14-32)6-7-24)23(33)31-17-11-15-2-1-3-16(10-15)12-17/h4-5,8-9,15-17,19H,1-3,6-7,10-14H2,(H,31,33). The summed E-state index contributed by atoms with van der Waals surface area (Å²) < 4.78 is 40.5. The first-order valence-electron chi connectivity index (χ1n) is 12.2. The molecule has 2 bridgehead atoms. The number of hydrogen-bond donors (Lipinski definition) is 1. The van der Waals surface area contributed by atoms with Crippen LogP contribution in [-0.4, -0.2) is 35.0 Å². The van der Waals surface area contributed by atoms with Crippen molar-refractivity contribution in [3.63, 3.8) is 0 Å². The van der Waals surface area contributed by atoms with Gasteiger partial charge >= 0.3 is 6.18 Å². The topological polar surface area (TPSA) is 58.1 Å². The number of amides is 1. The minimum absolute atomic E-state index is 0.0636. The van der Waals surface area contributed by atoms with Crippen LogP contribution < -0.4 is 10.2 Å². The number of nitrogens with zero attached hydrogens (tertiary/aromatic N) is 3. The lowest BCUT2D eigenvalue weighted by atomic mass is 9.70. The minimum Gasteiger partial charge on any atom is -0.368 e. The van der Waals surface area contributed by atoms with Crippen LogP contribution in [0.25, 0.3) is 11.0 Å². The Morgan fingerprint density at radius 1 is 1.03 bits per heavy atom. The van der Waals surface area contributed by atoms with Gasteiger partial charge < -0.3 is 10.2 Å². The highest BCUT2D eigenvalue weighted by molar-refractivity contribution is 5.92. The van der Waals surface area contributed by atoms with Crippen LogP contribution in [0.3, 0.4) is 0 Å². The summed E-state index contributed by atoms with van der Waals surface area (Å²) in [6.45, 7) is 1.19. The number of carbonyl (C=O) groups excluding carboxylic acids is 1. The Morgan fingerprint density at radius 2 is 1.73 bits per heavy atom. The molecule has 2 aromatic rings. The Bertz CT molecular complexity index is 1070. The van der Waals surface area contributed by atoms with E-state index in [9.17, 15) is 18.0 Å². The molecule has 1 aromatic heterocycles. The third-order valence-corrected chi connectivity index (χ3v) is 8.58. The number of alkyl halides is 3. The summed E-state index contributed by atoms with van der Waals surface area (Å²) in [5, 5.41) is 3.38. The fraction of sp³-hybridized carbons (Fsp3) is 0.640. The maximum absolute atomic E-state index is 13.5. The van der Waals surface area contributed by atoms with Crippen LogP contribution in [0, 0.1) is 23.2 Å². The molecule has 3 saturated carbocycles. The van der Waals surface area contributed by atoms with Gasteiger partial charge in [0.1, 0.15) is 11.0 Å². The molecular weight excluding hydrogens is 429 g/mol. The zero-order chi connectivity index (χ0) is 22.8. The van der Waals surface area contributed by atoms with E-state index in [1.54, 1.807) is 0 Å². The van der Waals surface area contributed by atoms with Crippen LogP contribution in [0.5, 0.6) is 0 Å². The first kappa shape index (κ1) is 21.2. The lowest BCUT2D eigenvalue weighted by molar-refractivity contribution is -0.136. The van der Waals surface area contributed by atoms with Crippen molar-refractivity contribution in [3.8, 4) is 0 Å². The van der Waals surface area contributed by atoms with Crippen LogP contribution in [0.4, 0.5) is 18.9 Å². The summed E-state index contributed by atoms with van der Waals surface area (Å²) in [7, 11) is 0. The SMILES string of the molecule is O=C(NC1CC2CCCC(C2)C1)C1CN(c2ccc(C(F)(F)F)c3nccnc23)CC12CC2. The van der Waals surface area contributed by atoms with Gasteiger partial charge in [-0.1, -0.05) is 19.3 Å². The number of nitrogens with one attached hydrogen (secondary N) is 1. The number of rotatable bonds is 3. The van der Waals surface area contributed by atoms with E-state index in [0.717, 1.165) is 43.6 Å². The molecule has 1 saturated heterocycles. The summed E-state index contributed by atoms with van der Waals surface area (Å²) in [5.74, 6) is 1.49. The smallest absolute Gasteiger partial charge is 0.368 e. The van der Waals surface area contributed by atoms with Crippen molar-refractivity contribution in [3.05, 3.63) is 30.1 Å². The summed E-state index contributed by atoms with van der Waals surface area (Å²) in [6.07, 6.45) is 7.59. The number of halogens is 3. The van der Waals surface area contributed by atoms with E-state index in [1.165, 1.54) is 44.1 Å². The average molecular weight is 459 g/mol. The number of carbonyl (C=O) groups is 1. The van der Waals surface area contributed by atoms with Gasteiger partial charge in [-0.05, 0) is 56.1 Å². The van der Waals surface area contributed by atoms with Gasteiger partial charge in [0.25, 0.3) is 0 Å². The summed E-state index contributed by atoms with van der Waals surface area (Å²) in [6, 6.07) is 2.86. The molecular formula is C25H29F3N4O. The van der Waals surface area contributed by atoms with E-state index >= 15 is 0 Å². The molecule has 1 N–H and O–H groups in total. The fourth-order valence-corrected chi connectivity index (χ4v) is 6.86. The maximum Gasteiger partial charge on any atom is 0.418 e. The fourth-order valence-electron chi connectivity index (χ4n) is 6.86. The zero-order valence-electron chi connectivity index (χ0n) is 18.6. The van der Waals surface area contributed by atoms with Gasteiger partial charge in [-0.15, -0.1) is 0 Å². The highest BCUT2D eigenvalue weighted by Gasteiger charge is 2.58. The lowest BCUT2D eigenvalue weighted by Gasteiger charge is -2.39. The molecule has 33 heavy (non-hydrogen) atoms. The lowest BCUT2D eigenvalue weighted by Crippen LogP contribution is -2.46. The first-order chi connectivity index (χ1) is 15.8. The van der Waals surface area contributed by atoms with Crippen molar-refractivity contribution >= 4 is 22.6 Å². The van der Waals surface area contributed by atoms with Gasteiger partial charge in [0.15, 0.2) is 0 Å². The first-order valence-corrected chi connectivity index (χ1v) is 12.2. The molecule has 1 aromatic carbocycles. The highest BCUT2D eigenvalue weighted by atomic mass is 19.4. The molecule has 5 nitrogen and oxygen atoms in total. The Balaban J connectivity index is 1.24. The second-order valence-electron chi connectivity index (χ2n) is 10.8. The summed E-state index contributed by atoms with van der Waals surface area (Å²) in [5.41, 5.74) is -0.0729. The Kier molecular flexibility index (Phi) is 4.86. The van der Waals surface area contributed by atoms with Crippen LogP contribution in [0.2, 0.25) is 0 Å². The van der Waals surface area contributed by atoms with Gasteiger partial charge in [-0.2, -0.15) is 13.2 Å². The molecule has 1 aliphatic heterocycles. The second-order valence-corrected chi connectivity index (χ2v) is 10.8. The molecule has 3 unspecified atom stereocenters. The Hall–Kier alpha value is -2.38. The largest absolute Gasteiger partial charge is 0.418 e. The van der Waals surface area contributed by atoms with E-state index in [-0.39, 0.29) is 34.3 Å². The van der Waals surface area contributed by atoms with Gasteiger partial charge in [-0.25, -0.2) is 0 Å². The van der Waals surface area contributed by atoms with E-state index in [2.05, 4.69) is 20.2 Å². The predicted octanol–water partition coefficient (Wildman–Crippen LogP) is 4.95. The van der Waals surface area contributed by atoms with Crippen molar-refractivity contribution in [1.29, 1.82) is 0 Å². The summed E-state index contributed by atoms with van der Waals surface area (Å²) >= 11 is 0. The summed E-state index contributed by atoms with van der Waals surface area (Å²) in [4.78, 5) is 23.7. The number of hydrogen-bond acceptors (Lipinski definition) is 4. The quantitative estimate of drug-likeness (QED) is 0.707. The number of aromatic nitrogens is 2. The van der Waals surface area contributed by atoms with Crippen molar-refractivity contribution in [2.24, 2.45) is 23.2 Å². The van der Waals surface area contributed by atoms with E-state index in [4.69, 9.17) is 0 Å². The molecule has 1 spiro atoms. The molecule has 6 rings (SSSR count). The van der Waals surface area contributed by atoms with E-state index in [1.807, 2.05) is 0 Å². The number of anilines is 1. The molecule has 176 valence electrons. The van der Waals surface area contributed by atoms with Crippen molar-refractivity contribution in [2.75, 3.05) is 18.0 Å². The average Bonchev–Trinajstić information content (AvgIpc) is 3.44. The minimum atomic E-state index is -4.49. The molecule has 3 aliphatic carbocycles. The highest BCUT2D eigenvalue weighted by Crippen LogP contribution is 2.57. The third kappa shape index (κ3) is 3.75. The predicted molar refractivity (Wildman–Crippen MR) is 119 cm³/mol. The normalized spacial score (nSPS) is 30.6. The number of fused-ring (bicyclic) bond motifs is 3. The Morgan fingerprint density at radius 3 is 2.39 bits per heavy atom. The van der Waals surface area contributed by atoms with Crippen LogP contribution in [0.1, 0.15) is 56.9 Å². The zero-order valence-corrected chi connectivity index (χ0v) is 18.6.